The topological polar surface area (TPSA) is 48.1 Å². The van der Waals surface area contributed by atoms with E-state index >= 15 is 0 Å². The van der Waals surface area contributed by atoms with Crippen molar-refractivity contribution in [2.24, 2.45) is 5.73 Å². The fourth-order valence-corrected chi connectivity index (χ4v) is 2.45. The average Bonchev–Trinajstić information content (AvgIpc) is 2.53. The van der Waals surface area contributed by atoms with Gasteiger partial charge in [0.15, 0.2) is 0 Å². The van der Waals surface area contributed by atoms with Crippen molar-refractivity contribution in [3.05, 3.63) is 71.4 Å². The molecule has 1 aromatic heterocycles. The number of nitrogens with zero attached hydrogens (tertiary/aromatic N) is 1. The summed E-state index contributed by atoms with van der Waals surface area (Å²) in [7, 11) is 0. The highest BCUT2D eigenvalue weighted by atomic mass is 16.5. The van der Waals surface area contributed by atoms with Gasteiger partial charge in [-0.3, -0.25) is 4.98 Å². The molecule has 0 aliphatic heterocycles. The van der Waals surface area contributed by atoms with Gasteiger partial charge in [0.05, 0.1) is 5.52 Å². The first-order chi connectivity index (χ1) is 10.3. The second-order valence-electron chi connectivity index (χ2n) is 5.09. The molecule has 3 heteroatoms. The number of aromatic nitrogens is 1. The Bertz CT molecular complexity index is 763. The van der Waals surface area contributed by atoms with Crippen molar-refractivity contribution in [2.45, 2.75) is 20.1 Å². The van der Waals surface area contributed by atoms with Crippen LogP contribution in [-0.2, 0) is 13.2 Å². The van der Waals surface area contributed by atoms with E-state index in [1.54, 1.807) is 0 Å². The summed E-state index contributed by atoms with van der Waals surface area (Å²) in [5.41, 5.74) is 10.1. The van der Waals surface area contributed by atoms with Crippen molar-refractivity contribution in [1.82, 2.24) is 4.98 Å². The number of para-hydroxylation sites is 1. The molecule has 0 saturated heterocycles. The molecule has 0 radical (unpaired) electrons. The Hall–Kier alpha value is -2.39. The first-order valence-corrected chi connectivity index (χ1v) is 7.03. The zero-order chi connectivity index (χ0) is 14.7. The number of hydrogen-bond donors (Lipinski definition) is 1. The molecule has 0 atom stereocenters. The molecule has 3 nitrogen and oxygen atoms in total. The van der Waals surface area contributed by atoms with Crippen molar-refractivity contribution < 1.29 is 4.74 Å². The van der Waals surface area contributed by atoms with E-state index in [1.807, 2.05) is 42.6 Å². The molecular formula is C18H18N2O. The monoisotopic (exact) mass is 278 g/mol. The second-order valence-corrected chi connectivity index (χ2v) is 5.09. The van der Waals surface area contributed by atoms with E-state index in [-0.39, 0.29) is 0 Å². The van der Waals surface area contributed by atoms with Crippen molar-refractivity contribution in [1.29, 1.82) is 0 Å². The zero-order valence-corrected chi connectivity index (χ0v) is 12.0. The third kappa shape index (κ3) is 2.88. The maximum atomic E-state index is 5.97. The standard InChI is InChI=1S/C18H18N2O/c1-13-6-7-18(15(10-13)11-19)21-12-14-8-9-20-17-5-3-2-4-16(14)17/h2-10H,11-12,19H2,1H3. The molecule has 21 heavy (non-hydrogen) atoms. The molecule has 0 aliphatic carbocycles. The first-order valence-electron chi connectivity index (χ1n) is 7.03. The molecule has 1 heterocycles. The number of aryl methyl sites for hydroxylation is 1. The predicted molar refractivity (Wildman–Crippen MR) is 85.1 cm³/mol. The second kappa shape index (κ2) is 5.94. The molecule has 0 aliphatic rings. The van der Waals surface area contributed by atoms with Crippen molar-refractivity contribution in [3.63, 3.8) is 0 Å². The summed E-state index contributed by atoms with van der Waals surface area (Å²) >= 11 is 0. The van der Waals surface area contributed by atoms with E-state index in [4.69, 9.17) is 10.5 Å². The minimum atomic E-state index is 0.480. The summed E-state index contributed by atoms with van der Waals surface area (Å²) in [6, 6.07) is 16.2. The molecule has 0 saturated carbocycles. The number of benzene rings is 2. The Morgan fingerprint density at radius 2 is 1.90 bits per heavy atom. The quantitative estimate of drug-likeness (QED) is 0.793. The predicted octanol–water partition coefficient (Wildman–Crippen LogP) is 3.58. The Morgan fingerprint density at radius 1 is 1.05 bits per heavy atom. The van der Waals surface area contributed by atoms with Crippen molar-refractivity contribution in [3.8, 4) is 5.75 Å². The average molecular weight is 278 g/mol. The van der Waals surface area contributed by atoms with Crippen LogP contribution in [0.5, 0.6) is 5.75 Å². The lowest BCUT2D eigenvalue weighted by molar-refractivity contribution is 0.304. The van der Waals surface area contributed by atoms with Gasteiger partial charge in [-0.2, -0.15) is 0 Å². The maximum Gasteiger partial charge on any atom is 0.124 e. The molecule has 0 amide bonds. The largest absolute Gasteiger partial charge is 0.489 e. The Labute approximate surface area is 124 Å². The minimum absolute atomic E-state index is 0.480. The molecule has 0 bridgehead atoms. The van der Waals surface area contributed by atoms with Gasteiger partial charge in [-0.1, -0.05) is 35.9 Å². The van der Waals surface area contributed by atoms with Crippen LogP contribution in [0.15, 0.2) is 54.7 Å². The summed E-state index contributed by atoms with van der Waals surface area (Å²) in [4.78, 5) is 4.37. The fourth-order valence-electron chi connectivity index (χ4n) is 2.45. The molecule has 2 N–H and O–H groups in total. The number of nitrogens with two attached hydrogens (primary N) is 1. The van der Waals surface area contributed by atoms with Gasteiger partial charge in [0.25, 0.3) is 0 Å². The molecule has 3 rings (SSSR count). The minimum Gasteiger partial charge on any atom is -0.489 e. The lowest BCUT2D eigenvalue weighted by Gasteiger charge is -2.12. The molecule has 0 spiro atoms. The zero-order valence-electron chi connectivity index (χ0n) is 12.0. The van der Waals surface area contributed by atoms with Crippen molar-refractivity contribution >= 4 is 10.9 Å². The highest BCUT2D eigenvalue weighted by Gasteiger charge is 2.05. The van der Waals surface area contributed by atoms with Crippen LogP contribution in [0.2, 0.25) is 0 Å². The van der Waals surface area contributed by atoms with Gasteiger partial charge in [0, 0.05) is 29.3 Å². The van der Waals surface area contributed by atoms with Crippen LogP contribution in [-0.4, -0.2) is 4.98 Å². The molecule has 0 fully saturated rings. The maximum absolute atomic E-state index is 5.97. The van der Waals surface area contributed by atoms with E-state index in [9.17, 15) is 0 Å². The van der Waals surface area contributed by atoms with E-state index in [1.165, 1.54) is 5.56 Å². The highest BCUT2D eigenvalue weighted by molar-refractivity contribution is 5.81. The molecule has 3 aromatic rings. The first kappa shape index (κ1) is 13.6. The Morgan fingerprint density at radius 3 is 2.76 bits per heavy atom. The van der Waals surface area contributed by atoms with Crippen LogP contribution in [0.25, 0.3) is 10.9 Å². The van der Waals surface area contributed by atoms with Gasteiger partial charge in [-0.15, -0.1) is 0 Å². The molecular weight excluding hydrogens is 260 g/mol. The Kier molecular flexibility index (Phi) is 3.84. The van der Waals surface area contributed by atoms with Crippen LogP contribution in [0.3, 0.4) is 0 Å². The van der Waals surface area contributed by atoms with Gasteiger partial charge >= 0.3 is 0 Å². The number of hydrogen-bond acceptors (Lipinski definition) is 3. The highest BCUT2D eigenvalue weighted by Crippen LogP contribution is 2.23. The fraction of sp³-hybridized carbons (Fsp3) is 0.167. The van der Waals surface area contributed by atoms with E-state index in [0.29, 0.717) is 13.2 Å². The third-order valence-corrected chi connectivity index (χ3v) is 3.56. The van der Waals surface area contributed by atoms with Gasteiger partial charge < -0.3 is 10.5 Å². The summed E-state index contributed by atoms with van der Waals surface area (Å²) < 4.78 is 5.97. The smallest absolute Gasteiger partial charge is 0.124 e. The van der Waals surface area contributed by atoms with Gasteiger partial charge in [0.2, 0.25) is 0 Å². The molecule has 2 aromatic carbocycles. The van der Waals surface area contributed by atoms with Gasteiger partial charge in [-0.25, -0.2) is 0 Å². The van der Waals surface area contributed by atoms with Crippen LogP contribution in [0.1, 0.15) is 16.7 Å². The number of fused-ring (bicyclic) bond motifs is 1. The lowest BCUT2D eigenvalue weighted by Crippen LogP contribution is -2.03. The van der Waals surface area contributed by atoms with Crippen LogP contribution in [0, 0.1) is 6.92 Å². The number of ether oxygens (including phenoxy) is 1. The van der Waals surface area contributed by atoms with Crippen LogP contribution >= 0.6 is 0 Å². The normalized spacial score (nSPS) is 10.8. The summed E-state index contributed by atoms with van der Waals surface area (Å²) in [5.74, 6) is 0.851. The van der Waals surface area contributed by atoms with Crippen LogP contribution in [0.4, 0.5) is 0 Å². The Balaban J connectivity index is 1.87. The third-order valence-electron chi connectivity index (χ3n) is 3.56. The SMILES string of the molecule is Cc1ccc(OCc2ccnc3ccccc23)c(CN)c1. The molecule has 106 valence electrons. The van der Waals surface area contributed by atoms with Gasteiger partial charge in [0.1, 0.15) is 12.4 Å². The van der Waals surface area contributed by atoms with Crippen LogP contribution < -0.4 is 10.5 Å². The van der Waals surface area contributed by atoms with E-state index in [2.05, 4.69) is 24.0 Å². The van der Waals surface area contributed by atoms with E-state index in [0.717, 1.165) is 27.8 Å². The summed E-state index contributed by atoms with van der Waals surface area (Å²) in [6.07, 6.45) is 1.82. The lowest BCUT2D eigenvalue weighted by atomic mass is 10.1. The summed E-state index contributed by atoms with van der Waals surface area (Å²) in [6.45, 7) is 3.05. The van der Waals surface area contributed by atoms with Gasteiger partial charge in [-0.05, 0) is 25.1 Å². The number of rotatable bonds is 4. The molecule has 0 unspecified atom stereocenters. The van der Waals surface area contributed by atoms with E-state index < -0.39 is 0 Å². The summed E-state index contributed by atoms with van der Waals surface area (Å²) in [5, 5.41) is 1.13. The number of pyridine rings is 1. The van der Waals surface area contributed by atoms with Crippen molar-refractivity contribution in [2.75, 3.05) is 0 Å².